The first kappa shape index (κ1) is 15.2. The second kappa shape index (κ2) is 6.04. The lowest BCUT2D eigenvalue weighted by Crippen LogP contribution is -2.12. The van der Waals surface area contributed by atoms with Crippen molar-refractivity contribution in [3.05, 3.63) is 53.1 Å². The van der Waals surface area contributed by atoms with E-state index in [0.717, 1.165) is 0 Å². The smallest absolute Gasteiger partial charge is 0.261 e. The van der Waals surface area contributed by atoms with Crippen LogP contribution in [0.3, 0.4) is 0 Å². The topological polar surface area (TPSA) is 79.2 Å². The fourth-order valence-corrected chi connectivity index (χ4v) is 2.96. The third-order valence-corrected chi connectivity index (χ3v) is 4.39. The van der Waals surface area contributed by atoms with E-state index in [9.17, 15) is 8.42 Å². The van der Waals surface area contributed by atoms with Crippen LogP contribution in [0.5, 0.6) is 5.75 Å². The molecule has 0 aliphatic carbocycles. The Morgan fingerprint density at radius 3 is 2.38 bits per heavy atom. The molecule has 0 fully saturated rings. The molecule has 0 radical (unpaired) electrons. The van der Waals surface area contributed by atoms with Crippen LogP contribution in [0.15, 0.2) is 47.4 Å². The number of rotatable bonds is 4. The lowest BCUT2D eigenvalue weighted by atomic mass is 10.2. The number of nitrogens with zero attached hydrogens (tertiary/aromatic N) is 1. The molecular formula is C14H11ClN2O3S. The number of ether oxygens (including phenoxy) is 1. The van der Waals surface area contributed by atoms with Gasteiger partial charge < -0.3 is 4.74 Å². The molecule has 0 heterocycles. The highest BCUT2D eigenvalue weighted by Crippen LogP contribution is 2.28. The van der Waals surface area contributed by atoms with Gasteiger partial charge in [0.1, 0.15) is 5.75 Å². The second-order valence-corrected chi connectivity index (χ2v) is 6.18. The zero-order chi connectivity index (χ0) is 15.5. The maximum absolute atomic E-state index is 12.2. The Hall–Kier alpha value is -2.23. The quantitative estimate of drug-likeness (QED) is 0.938. The lowest BCUT2D eigenvalue weighted by molar-refractivity contribution is 0.415. The molecule has 0 aromatic heterocycles. The summed E-state index contributed by atoms with van der Waals surface area (Å²) in [7, 11) is -2.26. The molecule has 0 saturated heterocycles. The molecule has 21 heavy (non-hydrogen) atoms. The Labute approximate surface area is 127 Å². The average molecular weight is 323 g/mol. The SMILES string of the molecule is COc1ccc(NS(=O)(=O)c2ccc(C#N)cc2)cc1Cl. The number of halogens is 1. The molecule has 108 valence electrons. The van der Waals surface area contributed by atoms with Crippen molar-refractivity contribution in [2.45, 2.75) is 4.90 Å². The van der Waals surface area contributed by atoms with Gasteiger partial charge in [0.2, 0.25) is 0 Å². The molecule has 2 rings (SSSR count). The highest BCUT2D eigenvalue weighted by Gasteiger charge is 2.14. The molecule has 7 heteroatoms. The first-order valence-electron chi connectivity index (χ1n) is 5.83. The second-order valence-electron chi connectivity index (χ2n) is 4.09. The monoisotopic (exact) mass is 322 g/mol. The molecule has 2 aromatic rings. The maximum Gasteiger partial charge on any atom is 0.261 e. The Morgan fingerprint density at radius 2 is 1.86 bits per heavy atom. The number of sulfonamides is 1. The van der Waals surface area contributed by atoms with Gasteiger partial charge in [-0.1, -0.05) is 11.6 Å². The summed E-state index contributed by atoms with van der Waals surface area (Å²) in [5, 5.41) is 9.01. The lowest BCUT2D eigenvalue weighted by Gasteiger charge is -2.10. The molecule has 0 atom stereocenters. The molecule has 1 N–H and O–H groups in total. The van der Waals surface area contributed by atoms with Crippen LogP contribution in [0.1, 0.15) is 5.56 Å². The van der Waals surface area contributed by atoms with Crippen LogP contribution in [0.2, 0.25) is 5.02 Å². The Balaban J connectivity index is 2.28. The fraction of sp³-hybridized carbons (Fsp3) is 0.0714. The zero-order valence-corrected chi connectivity index (χ0v) is 12.6. The van der Waals surface area contributed by atoms with Gasteiger partial charge in [-0.05, 0) is 42.5 Å². The number of methoxy groups -OCH3 is 1. The summed E-state index contributed by atoms with van der Waals surface area (Å²) in [6.45, 7) is 0. The average Bonchev–Trinajstić information content (AvgIpc) is 2.47. The van der Waals surface area contributed by atoms with Crippen molar-refractivity contribution in [1.82, 2.24) is 0 Å². The van der Waals surface area contributed by atoms with Crippen LogP contribution in [0, 0.1) is 11.3 Å². The number of nitrogens with one attached hydrogen (secondary N) is 1. The fourth-order valence-electron chi connectivity index (χ4n) is 1.65. The summed E-state index contributed by atoms with van der Waals surface area (Å²) in [6, 6.07) is 12.1. The molecule has 0 saturated carbocycles. The van der Waals surface area contributed by atoms with Gasteiger partial charge in [0.25, 0.3) is 10.0 Å². The van der Waals surface area contributed by atoms with Crippen molar-refractivity contribution in [1.29, 1.82) is 5.26 Å². The van der Waals surface area contributed by atoms with E-state index in [-0.39, 0.29) is 4.90 Å². The summed E-state index contributed by atoms with van der Waals surface area (Å²) in [6.07, 6.45) is 0. The molecule has 0 aliphatic rings. The van der Waals surface area contributed by atoms with Gasteiger partial charge >= 0.3 is 0 Å². The van der Waals surface area contributed by atoms with E-state index in [4.69, 9.17) is 21.6 Å². The molecular weight excluding hydrogens is 312 g/mol. The summed E-state index contributed by atoms with van der Waals surface area (Å²) in [4.78, 5) is 0.0634. The zero-order valence-electron chi connectivity index (χ0n) is 11.0. The summed E-state index contributed by atoms with van der Waals surface area (Å²) < 4.78 is 31.8. The van der Waals surface area contributed by atoms with Crippen molar-refractivity contribution >= 4 is 27.3 Å². The Morgan fingerprint density at radius 1 is 1.19 bits per heavy atom. The minimum absolute atomic E-state index is 0.0634. The van der Waals surface area contributed by atoms with Gasteiger partial charge in [0, 0.05) is 0 Å². The maximum atomic E-state index is 12.2. The number of benzene rings is 2. The third-order valence-electron chi connectivity index (χ3n) is 2.70. The predicted octanol–water partition coefficient (Wildman–Crippen LogP) is 3.02. The van der Waals surface area contributed by atoms with Gasteiger partial charge in [-0.3, -0.25) is 4.72 Å². The number of anilines is 1. The van der Waals surface area contributed by atoms with Gasteiger partial charge in [0.15, 0.2) is 0 Å². The molecule has 0 unspecified atom stereocenters. The van der Waals surface area contributed by atoms with Crippen molar-refractivity contribution in [2.24, 2.45) is 0 Å². The van der Waals surface area contributed by atoms with E-state index in [1.54, 1.807) is 12.1 Å². The molecule has 0 aliphatic heterocycles. The molecule has 2 aromatic carbocycles. The van der Waals surface area contributed by atoms with E-state index in [0.29, 0.717) is 22.0 Å². The van der Waals surface area contributed by atoms with Crippen molar-refractivity contribution in [2.75, 3.05) is 11.8 Å². The van der Waals surface area contributed by atoms with Crippen molar-refractivity contribution in [3.63, 3.8) is 0 Å². The van der Waals surface area contributed by atoms with Gasteiger partial charge in [-0.25, -0.2) is 8.42 Å². The molecule has 5 nitrogen and oxygen atoms in total. The third kappa shape index (κ3) is 3.45. The van der Waals surface area contributed by atoms with Gasteiger partial charge in [-0.15, -0.1) is 0 Å². The normalized spacial score (nSPS) is 10.7. The first-order valence-corrected chi connectivity index (χ1v) is 7.69. The standard InChI is InChI=1S/C14H11ClN2O3S/c1-20-14-7-4-11(8-13(14)15)17-21(18,19)12-5-2-10(9-16)3-6-12/h2-8,17H,1H3. The van der Waals surface area contributed by atoms with Crippen LogP contribution in [-0.4, -0.2) is 15.5 Å². The van der Waals surface area contributed by atoms with E-state index in [1.165, 1.54) is 37.4 Å². The Bertz CT molecular complexity index is 796. The van der Waals surface area contributed by atoms with Crippen LogP contribution in [0.25, 0.3) is 0 Å². The van der Waals surface area contributed by atoms with Crippen molar-refractivity contribution < 1.29 is 13.2 Å². The first-order chi connectivity index (χ1) is 9.96. The van der Waals surface area contributed by atoms with Gasteiger partial charge in [-0.2, -0.15) is 5.26 Å². The van der Waals surface area contributed by atoms with E-state index < -0.39 is 10.0 Å². The number of nitriles is 1. The van der Waals surface area contributed by atoms with E-state index in [1.807, 2.05) is 6.07 Å². The summed E-state index contributed by atoms with van der Waals surface area (Å²) in [5.74, 6) is 0.456. The number of hydrogen-bond acceptors (Lipinski definition) is 4. The summed E-state index contributed by atoms with van der Waals surface area (Å²) >= 11 is 5.95. The minimum Gasteiger partial charge on any atom is -0.495 e. The van der Waals surface area contributed by atoms with Crippen LogP contribution < -0.4 is 9.46 Å². The van der Waals surface area contributed by atoms with E-state index in [2.05, 4.69) is 4.72 Å². The van der Waals surface area contributed by atoms with Crippen LogP contribution >= 0.6 is 11.6 Å². The van der Waals surface area contributed by atoms with Crippen LogP contribution in [-0.2, 0) is 10.0 Å². The molecule has 0 spiro atoms. The van der Waals surface area contributed by atoms with Gasteiger partial charge in [0.05, 0.1) is 34.3 Å². The van der Waals surface area contributed by atoms with Crippen LogP contribution in [0.4, 0.5) is 5.69 Å². The summed E-state index contributed by atoms with van der Waals surface area (Å²) in [5.41, 5.74) is 0.714. The highest BCUT2D eigenvalue weighted by atomic mass is 35.5. The minimum atomic E-state index is -3.73. The Kier molecular flexibility index (Phi) is 4.36. The largest absolute Gasteiger partial charge is 0.495 e. The van der Waals surface area contributed by atoms with Crippen molar-refractivity contribution in [3.8, 4) is 11.8 Å². The highest BCUT2D eigenvalue weighted by molar-refractivity contribution is 7.92. The van der Waals surface area contributed by atoms with E-state index >= 15 is 0 Å². The predicted molar refractivity (Wildman–Crippen MR) is 80.0 cm³/mol. The number of hydrogen-bond donors (Lipinski definition) is 1. The molecule has 0 amide bonds. The molecule has 0 bridgehead atoms.